The fraction of sp³-hybridized carbons (Fsp3) is 0.476. The van der Waals surface area contributed by atoms with E-state index in [1.54, 1.807) is 20.9 Å². The molecule has 7 heteroatoms. The molecule has 1 fully saturated rings. The lowest BCUT2D eigenvalue weighted by molar-refractivity contribution is -0.119. The number of hydrogen-bond acceptors (Lipinski definition) is 5. The fourth-order valence-corrected chi connectivity index (χ4v) is 4.83. The average molecular weight is 399 g/mol. The van der Waals surface area contributed by atoms with E-state index >= 15 is 0 Å². The molecule has 1 amide bonds. The van der Waals surface area contributed by atoms with E-state index in [-0.39, 0.29) is 18.6 Å². The maximum atomic E-state index is 13.3. The third kappa shape index (κ3) is 3.69. The Labute approximate surface area is 169 Å². The number of nitrogens with zero attached hydrogens (tertiary/aromatic N) is 4. The monoisotopic (exact) mass is 398 g/mol. The standard InChI is InChI=1S/C21H26N4O2S/c1-13-7-8-14(2)20-19(13)22-21(28-20)24(11-17-6-5-9-27-17)18(26)12-25-16(4)10-15(3)23-25/h7-8,10,17H,5-6,9,11-12H2,1-4H3. The number of carbonyl (C=O) groups is 1. The van der Waals surface area contributed by atoms with E-state index in [0.29, 0.717) is 6.54 Å². The van der Waals surface area contributed by atoms with Gasteiger partial charge in [0.25, 0.3) is 5.91 Å². The number of aryl methyl sites for hydroxylation is 4. The van der Waals surface area contributed by atoms with Crippen LogP contribution in [-0.2, 0) is 16.1 Å². The molecule has 1 aliphatic heterocycles. The second kappa shape index (κ2) is 7.64. The van der Waals surface area contributed by atoms with Crippen molar-refractivity contribution >= 4 is 32.6 Å². The number of thiazole rings is 1. The minimum atomic E-state index is -0.00365. The van der Waals surface area contributed by atoms with Crippen LogP contribution in [0.15, 0.2) is 18.2 Å². The number of aromatic nitrogens is 3. The van der Waals surface area contributed by atoms with Crippen LogP contribution in [0, 0.1) is 27.7 Å². The smallest absolute Gasteiger partial charge is 0.250 e. The maximum absolute atomic E-state index is 13.3. The summed E-state index contributed by atoms with van der Waals surface area (Å²) in [6.45, 7) is 9.58. The van der Waals surface area contributed by atoms with Crippen molar-refractivity contribution in [3.05, 3.63) is 40.7 Å². The van der Waals surface area contributed by atoms with Crippen molar-refractivity contribution in [2.75, 3.05) is 18.1 Å². The van der Waals surface area contributed by atoms with Gasteiger partial charge in [-0.15, -0.1) is 0 Å². The van der Waals surface area contributed by atoms with Crippen molar-refractivity contribution in [3.63, 3.8) is 0 Å². The largest absolute Gasteiger partial charge is 0.376 e. The zero-order chi connectivity index (χ0) is 19.8. The van der Waals surface area contributed by atoms with Crippen molar-refractivity contribution in [2.45, 2.75) is 53.2 Å². The number of rotatable bonds is 5. The Balaban J connectivity index is 1.68. The van der Waals surface area contributed by atoms with Crippen LogP contribution < -0.4 is 4.90 Å². The van der Waals surface area contributed by atoms with Crippen molar-refractivity contribution in [2.24, 2.45) is 0 Å². The molecule has 28 heavy (non-hydrogen) atoms. The number of anilines is 1. The van der Waals surface area contributed by atoms with E-state index in [2.05, 4.69) is 31.1 Å². The van der Waals surface area contributed by atoms with Crippen molar-refractivity contribution in [1.29, 1.82) is 0 Å². The third-order valence-electron chi connectivity index (χ3n) is 5.26. The van der Waals surface area contributed by atoms with Gasteiger partial charge in [-0.3, -0.25) is 14.4 Å². The van der Waals surface area contributed by atoms with Crippen LogP contribution in [0.1, 0.15) is 35.4 Å². The molecule has 0 radical (unpaired) electrons. The highest BCUT2D eigenvalue weighted by Gasteiger charge is 2.27. The molecule has 148 valence electrons. The first kappa shape index (κ1) is 19.1. The summed E-state index contributed by atoms with van der Waals surface area (Å²) in [6, 6.07) is 6.19. The molecule has 0 aliphatic carbocycles. The number of ether oxygens (including phenoxy) is 1. The molecule has 0 N–H and O–H groups in total. The second-order valence-electron chi connectivity index (χ2n) is 7.60. The molecule has 2 aromatic heterocycles. The van der Waals surface area contributed by atoms with Gasteiger partial charge < -0.3 is 4.74 Å². The van der Waals surface area contributed by atoms with Crippen molar-refractivity contribution in [1.82, 2.24) is 14.8 Å². The zero-order valence-electron chi connectivity index (χ0n) is 16.9. The summed E-state index contributed by atoms with van der Waals surface area (Å²) in [4.78, 5) is 19.9. The van der Waals surface area contributed by atoms with Gasteiger partial charge >= 0.3 is 0 Å². The first-order valence-electron chi connectivity index (χ1n) is 9.72. The predicted octanol–water partition coefficient (Wildman–Crippen LogP) is 3.94. The molecule has 1 aromatic carbocycles. The first-order valence-corrected chi connectivity index (χ1v) is 10.5. The molecule has 1 atom stereocenters. The van der Waals surface area contributed by atoms with Gasteiger partial charge in [-0.2, -0.15) is 5.10 Å². The summed E-state index contributed by atoms with van der Waals surface area (Å²) in [5, 5.41) is 5.19. The lowest BCUT2D eigenvalue weighted by Crippen LogP contribution is -2.39. The first-order chi connectivity index (χ1) is 13.4. The van der Waals surface area contributed by atoms with E-state index < -0.39 is 0 Å². The topological polar surface area (TPSA) is 60.2 Å². The average Bonchev–Trinajstić information content (AvgIpc) is 3.37. The Bertz CT molecular complexity index is 978. The molecular weight excluding hydrogens is 372 g/mol. The van der Waals surface area contributed by atoms with Gasteiger partial charge in [0.2, 0.25) is 0 Å². The third-order valence-corrected chi connectivity index (χ3v) is 6.48. The molecule has 0 saturated carbocycles. The van der Waals surface area contributed by atoms with Crippen molar-refractivity contribution < 1.29 is 9.53 Å². The molecule has 4 rings (SSSR count). The minimum absolute atomic E-state index is 0.00365. The summed E-state index contributed by atoms with van der Waals surface area (Å²) in [5.74, 6) is -0.00365. The van der Waals surface area contributed by atoms with E-state index in [0.717, 1.165) is 51.7 Å². The number of carbonyl (C=O) groups excluding carboxylic acids is 1. The lowest BCUT2D eigenvalue weighted by Gasteiger charge is -2.23. The minimum Gasteiger partial charge on any atom is -0.376 e. The van der Waals surface area contributed by atoms with Gasteiger partial charge in [-0.05, 0) is 57.7 Å². The quantitative estimate of drug-likeness (QED) is 0.653. The van der Waals surface area contributed by atoms with Crippen LogP contribution in [0.3, 0.4) is 0 Å². The number of fused-ring (bicyclic) bond motifs is 1. The Morgan fingerprint density at radius 2 is 2.07 bits per heavy atom. The van der Waals surface area contributed by atoms with Gasteiger partial charge in [-0.25, -0.2) is 4.98 Å². The molecular formula is C21H26N4O2S. The van der Waals surface area contributed by atoms with E-state index in [1.807, 2.05) is 19.9 Å². The fourth-order valence-electron chi connectivity index (χ4n) is 3.69. The van der Waals surface area contributed by atoms with Gasteiger partial charge in [0.05, 0.1) is 28.6 Å². The highest BCUT2D eigenvalue weighted by molar-refractivity contribution is 7.22. The summed E-state index contributed by atoms with van der Waals surface area (Å²) < 4.78 is 8.73. The van der Waals surface area contributed by atoms with Crippen LogP contribution in [-0.4, -0.2) is 39.9 Å². The SMILES string of the molecule is Cc1cc(C)n(CC(=O)N(CC2CCCO2)c2nc3c(C)ccc(C)c3s2)n1. The lowest BCUT2D eigenvalue weighted by atomic mass is 10.1. The van der Waals surface area contributed by atoms with Crippen LogP contribution >= 0.6 is 11.3 Å². The summed E-state index contributed by atoms with van der Waals surface area (Å²) in [6.07, 6.45) is 2.09. The second-order valence-corrected chi connectivity index (χ2v) is 8.58. The highest BCUT2D eigenvalue weighted by Crippen LogP contribution is 2.34. The van der Waals surface area contributed by atoms with Crippen LogP contribution in [0.4, 0.5) is 5.13 Å². The molecule has 3 heterocycles. The van der Waals surface area contributed by atoms with Gasteiger partial charge in [-0.1, -0.05) is 23.5 Å². The summed E-state index contributed by atoms with van der Waals surface area (Å²) in [5.41, 5.74) is 5.20. The maximum Gasteiger partial charge on any atom is 0.250 e. The van der Waals surface area contributed by atoms with Crippen molar-refractivity contribution in [3.8, 4) is 0 Å². The van der Waals surface area contributed by atoms with E-state index in [9.17, 15) is 4.79 Å². The van der Waals surface area contributed by atoms with E-state index in [1.165, 1.54) is 5.56 Å². The van der Waals surface area contributed by atoms with E-state index in [4.69, 9.17) is 9.72 Å². The number of hydrogen-bond donors (Lipinski definition) is 0. The molecule has 1 saturated heterocycles. The van der Waals surface area contributed by atoms with Gasteiger partial charge in [0, 0.05) is 12.3 Å². The highest BCUT2D eigenvalue weighted by atomic mass is 32.1. The molecule has 6 nitrogen and oxygen atoms in total. The molecule has 0 bridgehead atoms. The van der Waals surface area contributed by atoms with Crippen LogP contribution in [0.5, 0.6) is 0 Å². The Morgan fingerprint density at radius 3 is 2.71 bits per heavy atom. The predicted molar refractivity (Wildman–Crippen MR) is 112 cm³/mol. The normalized spacial score (nSPS) is 16.8. The molecule has 1 unspecified atom stereocenters. The number of amides is 1. The molecule has 0 spiro atoms. The Morgan fingerprint density at radius 1 is 1.29 bits per heavy atom. The summed E-state index contributed by atoms with van der Waals surface area (Å²) >= 11 is 1.59. The van der Waals surface area contributed by atoms with Crippen LogP contribution in [0.25, 0.3) is 10.2 Å². The number of benzene rings is 1. The summed E-state index contributed by atoms with van der Waals surface area (Å²) in [7, 11) is 0. The van der Waals surface area contributed by atoms with Crippen LogP contribution in [0.2, 0.25) is 0 Å². The zero-order valence-corrected chi connectivity index (χ0v) is 17.7. The molecule has 3 aromatic rings. The Hall–Kier alpha value is -2.25. The Kier molecular flexibility index (Phi) is 5.21. The van der Waals surface area contributed by atoms with Gasteiger partial charge in [0.15, 0.2) is 5.13 Å². The molecule has 1 aliphatic rings. The van der Waals surface area contributed by atoms with Gasteiger partial charge in [0.1, 0.15) is 6.54 Å².